The van der Waals surface area contributed by atoms with Gasteiger partial charge in [-0.25, -0.2) is 0 Å². The maximum Gasteiger partial charge on any atom is 1.00 e. The van der Waals surface area contributed by atoms with E-state index in [0.717, 1.165) is 12.8 Å². The van der Waals surface area contributed by atoms with Crippen molar-refractivity contribution in [1.29, 1.82) is 0 Å². The third-order valence-electron chi connectivity index (χ3n) is 2.29. The van der Waals surface area contributed by atoms with Gasteiger partial charge in [0, 0.05) is 18.8 Å². The molecule has 0 bridgehead atoms. The maximum absolute atomic E-state index is 10.1. The van der Waals surface area contributed by atoms with Crippen molar-refractivity contribution in [3.63, 3.8) is 0 Å². The smallest absolute Gasteiger partial charge is 0.550 e. The van der Waals surface area contributed by atoms with E-state index in [-0.39, 0.29) is 41.7 Å². The zero-order chi connectivity index (χ0) is 11.5. The molecule has 0 aliphatic rings. The van der Waals surface area contributed by atoms with Gasteiger partial charge in [0.25, 0.3) is 0 Å². The predicted octanol–water partition coefficient (Wildman–Crippen LogP) is -0.677. The Kier molecular flexibility index (Phi) is 15.0. The molecule has 0 amide bonds. The number of carbonyl (C=O) groups excluding carboxylic acids is 1. The molecule has 16 heavy (non-hydrogen) atoms. The van der Waals surface area contributed by atoms with Crippen LogP contribution in [0, 0.1) is 0 Å². The van der Waals surface area contributed by atoms with Gasteiger partial charge in [0.2, 0.25) is 0 Å². The number of allylic oxidation sites excluding steroid dienone is 1. The summed E-state index contributed by atoms with van der Waals surface area (Å²) in [6, 6.07) is 0. The van der Waals surface area contributed by atoms with Gasteiger partial charge in [0.05, 0.1) is 5.76 Å². The summed E-state index contributed by atoms with van der Waals surface area (Å²) in [6.45, 7) is 2.18. The fourth-order valence-corrected chi connectivity index (χ4v) is 1.39. The van der Waals surface area contributed by atoms with Gasteiger partial charge in [0.1, 0.15) is 0 Å². The summed E-state index contributed by atoms with van der Waals surface area (Å²) in [4.78, 5) is 10.1. The Labute approximate surface area is 120 Å². The molecule has 0 rings (SSSR count). The number of hydrogen-bond donors (Lipinski definition) is 1. The van der Waals surface area contributed by atoms with Crippen LogP contribution in [0.1, 0.15) is 58.3 Å². The molecule has 0 aromatic carbocycles. The Morgan fingerprint density at radius 3 is 2.31 bits per heavy atom. The molecule has 0 saturated heterocycles. The molecule has 0 heterocycles. The van der Waals surface area contributed by atoms with E-state index in [2.05, 4.69) is 6.92 Å². The van der Waals surface area contributed by atoms with E-state index in [0.29, 0.717) is 6.42 Å². The van der Waals surface area contributed by atoms with Crippen molar-refractivity contribution in [2.75, 3.05) is 0 Å². The summed E-state index contributed by atoms with van der Waals surface area (Å²) in [5, 5.41) is 19.4. The number of carboxylic acids is 1. The van der Waals surface area contributed by atoms with E-state index in [4.69, 9.17) is 0 Å². The number of aliphatic carboxylic acids is 1. The molecule has 0 aliphatic heterocycles. The Bertz CT molecular complexity index is 202. The fraction of sp³-hybridized carbons (Fsp3) is 0.750. The Balaban J connectivity index is 0. The molecule has 0 saturated carbocycles. The van der Waals surface area contributed by atoms with E-state index < -0.39 is 5.97 Å². The molecule has 1 N–H and O–H groups in total. The molecule has 88 valence electrons. The Morgan fingerprint density at radius 1 is 1.19 bits per heavy atom. The Hall–Kier alpha value is 0.0100. The monoisotopic (exact) mass is 236 g/mol. The van der Waals surface area contributed by atoms with Crippen molar-refractivity contribution in [1.82, 2.24) is 0 Å². The normalized spacial score (nSPS) is 10.9. The van der Waals surface area contributed by atoms with Crippen molar-refractivity contribution < 1.29 is 44.6 Å². The molecular formula is C12H21NaO3. The van der Waals surface area contributed by atoms with Crippen molar-refractivity contribution in [2.24, 2.45) is 0 Å². The van der Waals surface area contributed by atoms with Gasteiger partial charge in [0.15, 0.2) is 0 Å². The SMILES string of the molecule is CCCCCCCCC(O)=CCC(=O)[O-].[Na+]. The molecule has 0 aromatic rings. The molecule has 0 atom stereocenters. The summed E-state index contributed by atoms with van der Waals surface area (Å²) in [6.07, 6.45) is 8.69. The summed E-state index contributed by atoms with van der Waals surface area (Å²) in [5.41, 5.74) is 0. The predicted molar refractivity (Wildman–Crippen MR) is 58.3 cm³/mol. The average Bonchev–Trinajstić information content (AvgIpc) is 2.20. The minimum absolute atomic E-state index is 0. The van der Waals surface area contributed by atoms with Crippen molar-refractivity contribution >= 4 is 5.97 Å². The third-order valence-corrected chi connectivity index (χ3v) is 2.29. The number of aliphatic hydroxyl groups excluding tert-OH is 1. The first kappa shape index (κ1) is 18.4. The second kappa shape index (κ2) is 13.1. The number of unbranched alkanes of at least 4 members (excludes halogenated alkanes) is 5. The molecule has 4 heteroatoms. The fourth-order valence-electron chi connectivity index (χ4n) is 1.39. The summed E-state index contributed by atoms with van der Waals surface area (Å²) >= 11 is 0. The Morgan fingerprint density at radius 2 is 1.75 bits per heavy atom. The summed E-state index contributed by atoms with van der Waals surface area (Å²) in [5.74, 6) is -0.973. The summed E-state index contributed by atoms with van der Waals surface area (Å²) in [7, 11) is 0. The molecule has 0 fully saturated rings. The quantitative estimate of drug-likeness (QED) is 0.328. The summed E-state index contributed by atoms with van der Waals surface area (Å²) < 4.78 is 0. The van der Waals surface area contributed by atoms with Crippen LogP contribution >= 0.6 is 0 Å². The van der Waals surface area contributed by atoms with Crippen molar-refractivity contribution in [2.45, 2.75) is 58.3 Å². The van der Waals surface area contributed by atoms with Crippen LogP contribution in [-0.4, -0.2) is 11.1 Å². The number of carboxylic acid groups (broad SMARTS) is 1. The zero-order valence-electron chi connectivity index (χ0n) is 10.5. The van der Waals surface area contributed by atoms with E-state index in [1.54, 1.807) is 0 Å². The topological polar surface area (TPSA) is 60.4 Å². The van der Waals surface area contributed by atoms with Crippen LogP contribution in [0.5, 0.6) is 0 Å². The minimum atomic E-state index is -1.15. The molecule has 0 aromatic heterocycles. The molecule has 3 nitrogen and oxygen atoms in total. The molecular weight excluding hydrogens is 215 g/mol. The number of rotatable bonds is 9. The first-order chi connectivity index (χ1) is 7.16. The van der Waals surface area contributed by atoms with E-state index >= 15 is 0 Å². The maximum atomic E-state index is 10.1. The van der Waals surface area contributed by atoms with Gasteiger partial charge in [-0.05, 0) is 12.5 Å². The van der Waals surface area contributed by atoms with Crippen LogP contribution in [0.3, 0.4) is 0 Å². The van der Waals surface area contributed by atoms with E-state index in [1.165, 1.54) is 31.8 Å². The molecule has 0 spiro atoms. The van der Waals surface area contributed by atoms with Crippen LogP contribution in [0.25, 0.3) is 0 Å². The average molecular weight is 236 g/mol. The minimum Gasteiger partial charge on any atom is -0.550 e. The van der Waals surface area contributed by atoms with Gasteiger partial charge in [-0.15, -0.1) is 0 Å². The number of aliphatic hydroxyl groups is 1. The van der Waals surface area contributed by atoms with Crippen LogP contribution in [0.4, 0.5) is 0 Å². The number of hydrogen-bond acceptors (Lipinski definition) is 3. The first-order valence-corrected chi connectivity index (χ1v) is 5.74. The van der Waals surface area contributed by atoms with Crippen molar-refractivity contribution in [3.8, 4) is 0 Å². The third kappa shape index (κ3) is 14.0. The van der Waals surface area contributed by atoms with Gasteiger partial charge >= 0.3 is 29.6 Å². The van der Waals surface area contributed by atoms with Gasteiger partial charge in [-0.3, -0.25) is 0 Å². The molecule has 0 radical (unpaired) electrons. The zero-order valence-corrected chi connectivity index (χ0v) is 12.5. The van der Waals surface area contributed by atoms with Gasteiger partial charge in [-0.1, -0.05) is 39.0 Å². The van der Waals surface area contributed by atoms with E-state index in [1.807, 2.05) is 0 Å². The van der Waals surface area contributed by atoms with E-state index in [9.17, 15) is 15.0 Å². The van der Waals surface area contributed by atoms with Crippen molar-refractivity contribution in [3.05, 3.63) is 11.8 Å². The molecule has 0 unspecified atom stereocenters. The standard InChI is InChI=1S/C12H22O3.Na/c1-2-3-4-5-6-7-8-11(13)9-10-12(14)15;/h9,13H,2-8,10H2,1H3,(H,14,15);/q;+1/p-1. The number of carbonyl (C=O) groups is 1. The van der Waals surface area contributed by atoms with Crippen LogP contribution in [-0.2, 0) is 4.79 Å². The van der Waals surface area contributed by atoms with Crippen LogP contribution in [0.2, 0.25) is 0 Å². The van der Waals surface area contributed by atoms with Crippen LogP contribution in [0.15, 0.2) is 11.8 Å². The largest absolute Gasteiger partial charge is 1.00 e. The van der Waals surface area contributed by atoms with Gasteiger partial charge < -0.3 is 15.0 Å². The second-order valence-corrected chi connectivity index (χ2v) is 3.79. The second-order valence-electron chi connectivity index (χ2n) is 3.79. The van der Waals surface area contributed by atoms with Gasteiger partial charge in [-0.2, -0.15) is 0 Å². The van der Waals surface area contributed by atoms with Crippen LogP contribution < -0.4 is 34.7 Å². The first-order valence-electron chi connectivity index (χ1n) is 5.74. The molecule has 0 aliphatic carbocycles.